The molecule has 0 saturated heterocycles. The lowest BCUT2D eigenvalue weighted by atomic mass is 10.0. The molecule has 0 bridgehead atoms. The highest BCUT2D eigenvalue weighted by Gasteiger charge is 2.03. The smallest absolute Gasteiger partial charge is 0.123 e. The van der Waals surface area contributed by atoms with E-state index in [1.54, 1.807) is 12.1 Å². The van der Waals surface area contributed by atoms with Gasteiger partial charge in [-0.25, -0.2) is 4.39 Å². The van der Waals surface area contributed by atoms with Crippen LogP contribution in [-0.4, -0.2) is 0 Å². The zero-order valence-corrected chi connectivity index (χ0v) is 12.3. The van der Waals surface area contributed by atoms with E-state index in [0.29, 0.717) is 0 Å². The van der Waals surface area contributed by atoms with Crippen LogP contribution in [0.1, 0.15) is 5.56 Å². The van der Waals surface area contributed by atoms with Crippen LogP contribution in [0.2, 0.25) is 0 Å². The third kappa shape index (κ3) is 3.09. The van der Waals surface area contributed by atoms with Gasteiger partial charge < -0.3 is 11.1 Å². The molecule has 0 atom stereocenters. The maximum absolute atomic E-state index is 13.0. The van der Waals surface area contributed by atoms with Gasteiger partial charge in [-0.05, 0) is 66.1 Å². The molecule has 3 aromatic rings. The van der Waals surface area contributed by atoms with Gasteiger partial charge in [-0.2, -0.15) is 0 Å². The second kappa shape index (κ2) is 5.90. The first kappa shape index (κ1) is 14.1. The summed E-state index contributed by atoms with van der Waals surface area (Å²) in [6.07, 6.45) is 0. The molecule has 0 spiro atoms. The summed E-state index contributed by atoms with van der Waals surface area (Å²) in [4.78, 5) is 0. The molecule has 0 saturated carbocycles. The minimum absolute atomic E-state index is 0.222. The maximum Gasteiger partial charge on any atom is 0.123 e. The third-order valence-corrected chi connectivity index (χ3v) is 3.57. The van der Waals surface area contributed by atoms with Crippen molar-refractivity contribution in [3.05, 3.63) is 78.1 Å². The van der Waals surface area contributed by atoms with E-state index in [4.69, 9.17) is 5.73 Å². The van der Waals surface area contributed by atoms with Crippen LogP contribution in [0, 0.1) is 12.7 Å². The molecule has 3 N–H and O–H groups in total. The minimum Gasteiger partial charge on any atom is -0.399 e. The number of hydrogen-bond donors (Lipinski definition) is 2. The Morgan fingerprint density at radius 2 is 1.59 bits per heavy atom. The number of halogens is 1. The molecular formula is C19H17FN2. The summed E-state index contributed by atoms with van der Waals surface area (Å²) in [7, 11) is 0. The van der Waals surface area contributed by atoms with Crippen molar-refractivity contribution in [3.8, 4) is 11.1 Å². The predicted molar refractivity (Wildman–Crippen MR) is 90.7 cm³/mol. The third-order valence-electron chi connectivity index (χ3n) is 3.57. The average molecular weight is 292 g/mol. The van der Waals surface area contributed by atoms with Gasteiger partial charge in [-0.3, -0.25) is 0 Å². The molecule has 0 aliphatic carbocycles. The SMILES string of the molecule is Cc1cc(-c2ccc(F)cc2)ccc1Nc1cccc(N)c1. The van der Waals surface area contributed by atoms with E-state index in [1.165, 1.54) is 12.1 Å². The van der Waals surface area contributed by atoms with E-state index in [0.717, 1.165) is 33.8 Å². The number of nitrogen functional groups attached to an aromatic ring is 1. The molecule has 0 aliphatic rings. The Morgan fingerprint density at radius 3 is 2.27 bits per heavy atom. The summed E-state index contributed by atoms with van der Waals surface area (Å²) in [5, 5.41) is 3.36. The van der Waals surface area contributed by atoms with Gasteiger partial charge in [0.25, 0.3) is 0 Å². The summed E-state index contributed by atoms with van der Waals surface area (Å²) < 4.78 is 13.0. The second-order valence-electron chi connectivity index (χ2n) is 5.29. The van der Waals surface area contributed by atoms with Crippen LogP contribution in [0.15, 0.2) is 66.7 Å². The molecule has 0 aromatic heterocycles. The Kier molecular flexibility index (Phi) is 3.79. The molecule has 2 nitrogen and oxygen atoms in total. The number of anilines is 3. The quantitative estimate of drug-likeness (QED) is 0.657. The minimum atomic E-state index is -0.222. The standard InChI is InChI=1S/C19H17FN2/c1-13-11-15(14-5-8-16(20)9-6-14)7-10-19(13)22-18-4-2-3-17(21)12-18/h2-12,22H,21H2,1H3. The van der Waals surface area contributed by atoms with E-state index in [2.05, 4.69) is 11.4 Å². The van der Waals surface area contributed by atoms with Crippen molar-refractivity contribution in [2.24, 2.45) is 0 Å². The molecule has 3 rings (SSSR count). The average Bonchev–Trinajstić information content (AvgIpc) is 2.50. The topological polar surface area (TPSA) is 38.0 Å². The number of hydrogen-bond acceptors (Lipinski definition) is 2. The van der Waals surface area contributed by atoms with Gasteiger partial charge >= 0.3 is 0 Å². The van der Waals surface area contributed by atoms with E-state index >= 15 is 0 Å². The first-order valence-corrected chi connectivity index (χ1v) is 7.11. The zero-order valence-electron chi connectivity index (χ0n) is 12.3. The number of rotatable bonds is 3. The fraction of sp³-hybridized carbons (Fsp3) is 0.0526. The molecule has 0 heterocycles. The molecule has 22 heavy (non-hydrogen) atoms. The van der Waals surface area contributed by atoms with Crippen LogP contribution in [0.5, 0.6) is 0 Å². The van der Waals surface area contributed by atoms with Crippen molar-refractivity contribution in [3.63, 3.8) is 0 Å². The number of nitrogens with two attached hydrogens (primary N) is 1. The van der Waals surface area contributed by atoms with Crippen LogP contribution in [0.4, 0.5) is 21.5 Å². The maximum atomic E-state index is 13.0. The van der Waals surface area contributed by atoms with E-state index in [1.807, 2.05) is 43.3 Å². The van der Waals surface area contributed by atoms with Crippen molar-refractivity contribution < 1.29 is 4.39 Å². The highest BCUT2D eigenvalue weighted by Crippen LogP contribution is 2.27. The Morgan fingerprint density at radius 1 is 0.864 bits per heavy atom. The predicted octanol–water partition coefficient (Wildman–Crippen LogP) is 5.13. The van der Waals surface area contributed by atoms with Crippen LogP contribution in [0.25, 0.3) is 11.1 Å². The van der Waals surface area contributed by atoms with E-state index < -0.39 is 0 Å². The first-order valence-electron chi connectivity index (χ1n) is 7.11. The van der Waals surface area contributed by atoms with Crippen LogP contribution in [-0.2, 0) is 0 Å². The largest absolute Gasteiger partial charge is 0.399 e. The summed E-state index contributed by atoms with van der Waals surface area (Å²) in [6.45, 7) is 2.04. The molecule has 0 radical (unpaired) electrons. The lowest BCUT2D eigenvalue weighted by Crippen LogP contribution is -1.94. The van der Waals surface area contributed by atoms with Gasteiger partial charge in [0.2, 0.25) is 0 Å². The Labute approximate surface area is 129 Å². The summed E-state index contributed by atoms with van der Waals surface area (Å²) in [5.41, 5.74) is 11.7. The molecule has 3 heteroatoms. The van der Waals surface area contributed by atoms with Gasteiger partial charge in [0.15, 0.2) is 0 Å². The fourth-order valence-electron chi connectivity index (χ4n) is 2.40. The van der Waals surface area contributed by atoms with Gasteiger partial charge in [-0.1, -0.05) is 24.3 Å². The number of benzene rings is 3. The van der Waals surface area contributed by atoms with Crippen molar-refractivity contribution in [1.29, 1.82) is 0 Å². The first-order chi connectivity index (χ1) is 10.6. The Bertz CT molecular complexity index is 795. The van der Waals surface area contributed by atoms with Crippen molar-refractivity contribution >= 4 is 17.1 Å². The molecule has 0 fully saturated rings. The van der Waals surface area contributed by atoms with Crippen LogP contribution < -0.4 is 11.1 Å². The van der Waals surface area contributed by atoms with Crippen molar-refractivity contribution in [1.82, 2.24) is 0 Å². The molecular weight excluding hydrogens is 275 g/mol. The summed E-state index contributed by atoms with van der Waals surface area (Å²) in [6, 6.07) is 20.3. The number of nitrogens with one attached hydrogen (secondary N) is 1. The Hall–Kier alpha value is -2.81. The highest BCUT2D eigenvalue weighted by atomic mass is 19.1. The Balaban J connectivity index is 1.87. The van der Waals surface area contributed by atoms with Crippen LogP contribution in [0.3, 0.4) is 0 Å². The molecule has 0 amide bonds. The lowest BCUT2D eigenvalue weighted by Gasteiger charge is -2.12. The molecule has 3 aromatic carbocycles. The van der Waals surface area contributed by atoms with Gasteiger partial charge in [0, 0.05) is 17.1 Å². The van der Waals surface area contributed by atoms with Gasteiger partial charge in [0.1, 0.15) is 5.82 Å². The van der Waals surface area contributed by atoms with Crippen LogP contribution >= 0.6 is 0 Å². The monoisotopic (exact) mass is 292 g/mol. The number of aryl methyl sites for hydroxylation is 1. The van der Waals surface area contributed by atoms with Crippen molar-refractivity contribution in [2.75, 3.05) is 11.1 Å². The fourth-order valence-corrected chi connectivity index (χ4v) is 2.40. The summed E-state index contributed by atoms with van der Waals surface area (Å²) in [5.74, 6) is -0.222. The van der Waals surface area contributed by atoms with Gasteiger partial charge in [0.05, 0.1) is 0 Å². The van der Waals surface area contributed by atoms with E-state index in [-0.39, 0.29) is 5.82 Å². The molecule has 0 unspecified atom stereocenters. The van der Waals surface area contributed by atoms with Gasteiger partial charge in [-0.15, -0.1) is 0 Å². The lowest BCUT2D eigenvalue weighted by molar-refractivity contribution is 0.628. The molecule has 0 aliphatic heterocycles. The summed E-state index contributed by atoms with van der Waals surface area (Å²) >= 11 is 0. The second-order valence-corrected chi connectivity index (χ2v) is 5.29. The zero-order chi connectivity index (χ0) is 15.5. The normalized spacial score (nSPS) is 10.5. The van der Waals surface area contributed by atoms with Crippen molar-refractivity contribution in [2.45, 2.75) is 6.92 Å². The molecule has 110 valence electrons. The van der Waals surface area contributed by atoms with E-state index in [9.17, 15) is 4.39 Å². The highest BCUT2D eigenvalue weighted by molar-refractivity contribution is 5.72.